The SMILES string of the molecule is CC(OC(=O)c1ccnc(Cl)c1N)C(=O)NCC(F)(F)F. The van der Waals surface area contributed by atoms with Gasteiger partial charge in [0, 0.05) is 6.20 Å². The van der Waals surface area contributed by atoms with Gasteiger partial charge in [-0.2, -0.15) is 13.2 Å². The van der Waals surface area contributed by atoms with E-state index in [-0.39, 0.29) is 16.4 Å². The van der Waals surface area contributed by atoms with Crippen molar-refractivity contribution in [3.63, 3.8) is 0 Å². The maximum Gasteiger partial charge on any atom is 0.405 e. The number of amides is 1. The summed E-state index contributed by atoms with van der Waals surface area (Å²) in [5, 5.41) is 1.47. The molecular weight excluding hydrogens is 315 g/mol. The number of anilines is 1. The first kappa shape index (κ1) is 17.0. The Morgan fingerprint density at radius 1 is 1.52 bits per heavy atom. The molecule has 0 aliphatic rings. The largest absolute Gasteiger partial charge is 0.449 e. The Morgan fingerprint density at radius 3 is 2.71 bits per heavy atom. The first-order valence-electron chi connectivity index (χ1n) is 5.57. The Kier molecular flexibility index (Phi) is 5.36. The molecule has 0 spiro atoms. The van der Waals surface area contributed by atoms with Crippen molar-refractivity contribution in [1.29, 1.82) is 0 Å². The number of ether oxygens (including phenoxy) is 1. The summed E-state index contributed by atoms with van der Waals surface area (Å²) in [6, 6.07) is 1.21. The molecule has 1 aromatic rings. The summed E-state index contributed by atoms with van der Waals surface area (Å²) in [6.45, 7) is -0.389. The van der Waals surface area contributed by atoms with Gasteiger partial charge in [0.25, 0.3) is 5.91 Å². The summed E-state index contributed by atoms with van der Waals surface area (Å²) in [4.78, 5) is 26.7. The number of hydrogen-bond acceptors (Lipinski definition) is 5. The van der Waals surface area contributed by atoms with Crippen molar-refractivity contribution >= 4 is 29.2 Å². The van der Waals surface area contributed by atoms with Gasteiger partial charge in [-0.1, -0.05) is 11.6 Å². The summed E-state index contributed by atoms with van der Waals surface area (Å²) in [5.74, 6) is -2.08. The summed E-state index contributed by atoms with van der Waals surface area (Å²) in [5.41, 5.74) is 5.23. The number of nitrogens with zero attached hydrogens (tertiary/aromatic N) is 1. The topological polar surface area (TPSA) is 94.3 Å². The lowest BCUT2D eigenvalue weighted by molar-refractivity contribution is -0.143. The number of halogens is 4. The van der Waals surface area contributed by atoms with E-state index in [1.54, 1.807) is 5.32 Å². The summed E-state index contributed by atoms with van der Waals surface area (Å²) < 4.78 is 40.5. The van der Waals surface area contributed by atoms with Crippen LogP contribution in [0, 0.1) is 0 Å². The predicted molar refractivity (Wildman–Crippen MR) is 67.6 cm³/mol. The van der Waals surface area contributed by atoms with Gasteiger partial charge in [0.2, 0.25) is 0 Å². The zero-order chi connectivity index (χ0) is 16.2. The highest BCUT2D eigenvalue weighted by molar-refractivity contribution is 6.32. The average Bonchev–Trinajstić information content (AvgIpc) is 2.38. The van der Waals surface area contributed by atoms with Crippen LogP contribution in [0.3, 0.4) is 0 Å². The van der Waals surface area contributed by atoms with Gasteiger partial charge in [-0.05, 0) is 13.0 Å². The molecule has 0 saturated heterocycles. The third-order valence-corrected chi connectivity index (χ3v) is 2.58. The molecule has 116 valence electrons. The van der Waals surface area contributed by atoms with Crippen LogP contribution < -0.4 is 11.1 Å². The van der Waals surface area contributed by atoms with Gasteiger partial charge in [-0.15, -0.1) is 0 Å². The highest BCUT2D eigenvalue weighted by Crippen LogP contribution is 2.20. The van der Waals surface area contributed by atoms with Crippen LogP contribution in [0.25, 0.3) is 0 Å². The molecule has 3 N–H and O–H groups in total. The second kappa shape index (κ2) is 6.61. The van der Waals surface area contributed by atoms with E-state index in [1.807, 2.05) is 0 Å². The minimum Gasteiger partial charge on any atom is -0.449 e. The average molecular weight is 326 g/mol. The van der Waals surface area contributed by atoms with Crippen LogP contribution in [0.1, 0.15) is 17.3 Å². The van der Waals surface area contributed by atoms with Crippen LogP contribution in [0.15, 0.2) is 12.3 Å². The molecule has 6 nitrogen and oxygen atoms in total. The third kappa shape index (κ3) is 5.10. The van der Waals surface area contributed by atoms with Crippen molar-refractivity contribution in [1.82, 2.24) is 10.3 Å². The van der Waals surface area contributed by atoms with Crippen molar-refractivity contribution < 1.29 is 27.5 Å². The molecule has 1 rings (SSSR count). The fourth-order valence-corrected chi connectivity index (χ4v) is 1.39. The first-order valence-corrected chi connectivity index (χ1v) is 5.95. The molecule has 1 unspecified atom stereocenters. The molecule has 1 atom stereocenters. The molecule has 0 fully saturated rings. The quantitative estimate of drug-likeness (QED) is 0.647. The zero-order valence-corrected chi connectivity index (χ0v) is 11.5. The molecule has 0 aliphatic carbocycles. The Balaban J connectivity index is 2.66. The van der Waals surface area contributed by atoms with Crippen molar-refractivity contribution in [3.05, 3.63) is 23.0 Å². The van der Waals surface area contributed by atoms with E-state index in [9.17, 15) is 22.8 Å². The number of pyridine rings is 1. The maximum absolute atomic E-state index is 11.9. The molecule has 0 radical (unpaired) electrons. The highest BCUT2D eigenvalue weighted by atomic mass is 35.5. The molecule has 10 heteroatoms. The predicted octanol–water partition coefficient (Wildman–Crippen LogP) is 1.54. The monoisotopic (exact) mass is 325 g/mol. The molecule has 0 aromatic carbocycles. The molecule has 21 heavy (non-hydrogen) atoms. The van der Waals surface area contributed by atoms with Crippen molar-refractivity contribution in [2.24, 2.45) is 0 Å². The van der Waals surface area contributed by atoms with Crippen LogP contribution in [0.2, 0.25) is 5.15 Å². The number of carbonyl (C=O) groups excluding carboxylic acids is 2. The number of alkyl halides is 3. The van der Waals surface area contributed by atoms with Crippen LogP contribution >= 0.6 is 11.6 Å². The zero-order valence-electron chi connectivity index (χ0n) is 10.7. The minimum absolute atomic E-state index is 0.126. The van der Waals surface area contributed by atoms with Gasteiger partial charge < -0.3 is 15.8 Å². The highest BCUT2D eigenvalue weighted by Gasteiger charge is 2.29. The minimum atomic E-state index is -4.55. The maximum atomic E-state index is 11.9. The Labute approximate surface area is 122 Å². The van der Waals surface area contributed by atoms with E-state index in [0.717, 1.165) is 6.92 Å². The molecule has 0 bridgehead atoms. The van der Waals surface area contributed by atoms with Gasteiger partial charge >= 0.3 is 12.1 Å². The molecule has 1 amide bonds. The van der Waals surface area contributed by atoms with E-state index in [2.05, 4.69) is 4.98 Å². The van der Waals surface area contributed by atoms with Gasteiger partial charge in [-0.25, -0.2) is 9.78 Å². The fourth-order valence-electron chi connectivity index (χ4n) is 1.23. The number of aromatic nitrogens is 1. The number of carbonyl (C=O) groups is 2. The molecule has 1 aromatic heterocycles. The number of nitrogens with two attached hydrogens (primary N) is 1. The summed E-state index contributed by atoms with van der Waals surface area (Å²) in [6.07, 6.45) is -4.78. The molecular formula is C11H11ClF3N3O3. The standard InChI is InChI=1S/C11H11ClF3N3O3/c1-5(9(19)18-4-11(13,14)15)21-10(20)6-2-3-17-8(12)7(6)16/h2-3,5H,4,16H2,1H3,(H,18,19). The van der Waals surface area contributed by atoms with E-state index in [4.69, 9.17) is 22.1 Å². The van der Waals surface area contributed by atoms with Gasteiger partial charge in [-0.3, -0.25) is 4.79 Å². The van der Waals surface area contributed by atoms with Crippen molar-refractivity contribution in [2.75, 3.05) is 12.3 Å². The smallest absolute Gasteiger partial charge is 0.405 e. The fraction of sp³-hybridized carbons (Fsp3) is 0.364. The van der Waals surface area contributed by atoms with Gasteiger partial charge in [0.05, 0.1) is 11.3 Å². The second-order valence-electron chi connectivity index (χ2n) is 3.94. The number of nitrogen functional groups attached to an aromatic ring is 1. The van der Waals surface area contributed by atoms with E-state index < -0.39 is 30.7 Å². The lowest BCUT2D eigenvalue weighted by atomic mass is 10.2. The number of rotatable bonds is 4. The van der Waals surface area contributed by atoms with Crippen LogP contribution in [-0.4, -0.2) is 35.7 Å². The van der Waals surface area contributed by atoms with Gasteiger partial charge in [0.1, 0.15) is 6.54 Å². The Hall–Kier alpha value is -2.03. The molecule has 1 heterocycles. The van der Waals surface area contributed by atoms with E-state index in [0.29, 0.717) is 0 Å². The number of nitrogens with one attached hydrogen (secondary N) is 1. The second-order valence-corrected chi connectivity index (χ2v) is 4.30. The lowest BCUT2D eigenvalue weighted by Crippen LogP contribution is -2.40. The molecule has 0 aliphatic heterocycles. The van der Waals surface area contributed by atoms with E-state index >= 15 is 0 Å². The normalized spacial score (nSPS) is 12.6. The summed E-state index contributed by atoms with van der Waals surface area (Å²) in [7, 11) is 0. The molecule has 0 saturated carbocycles. The Morgan fingerprint density at radius 2 is 2.14 bits per heavy atom. The lowest BCUT2D eigenvalue weighted by Gasteiger charge is -2.15. The van der Waals surface area contributed by atoms with E-state index in [1.165, 1.54) is 12.3 Å². The number of esters is 1. The van der Waals surface area contributed by atoms with Crippen molar-refractivity contribution in [2.45, 2.75) is 19.2 Å². The summed E-state index contributed by atoms with van der Waals surface area (Å²) >= 11 is 5.61. The number of hydrogen-bond donors (Lipinski definition) is 2. The van der Waals surface area contributed by atoms with Crippen LogP contribution in [0.4, 0.5) is 18.9 Å². The first-order chi connectivity index (χ1) is 9.61. The van der Waals surface area contributed by atoms with Crippen LogP contribution in [0.5, 0.6) is 0 Å². The third-order valence-electron chi connectivity index (χ3n) is 2.28. The van der Waals surface area contributed by atoms with Crippen molar-refractivity contribution in [3.8, 4) is 0 Å². The van der Waals surface area contributed by atoms with Gasteiger partial charge in [0.15, 0.2) is 11.3 Å². The Bertz CT molecular complexity index is 551. The van der Waals surface area contributed by atoms with Crippen LogP contribution in [-0.2, 0) is 9.53 Å².